The summed E-state index contributed by atoms with van der Waals surface area (Å²) in [5, 5.41) is 3.54. The number of rotatable bonds is 6. The molecule has 0 spiro atoms. The predicted molar refractivity (Wildman–Crippen MR) is 105 cm³/mol. The Hall–Kier alpha value is -2.95. The summed E-state index contributed by atoms with van der Waals surface area (Å²) in [4.78, 5) is 17.1. The Kier molecular flexibility index (Phi) is 5.69. The highest BCUT2D eigenvalue weighted by molar-refractivity contribution is 5.97. The zero-order chi connectivity index (χ0) is 19.4. The molecule has 0 aliphatic rings. The Bertz CT molecular complexity index is 957. The second-order valence-electron chi connectivity index (χ2n) is 6.73. The first-order chi connectivity index (χ1) is 13.0. The number of hydrogen-bond acceptors (Lipinski definition) is 3. The van der Waals surface area contributed by atoms with Gasteiger partial charge in [-0.25, -0.2) is 9.37 Å². The lowest BCUT2D eigenvalue weighted by atomic mass is 10.1. The number of fused-ring (bicyclic) bond motifs is 1. The molecule has 1 aromatic heterocycles. The van der Waals surface area contributed by atoms with Crippen LogP contribution >= 0.6 is 0 Å². The van der Waals surface area contributed by atoms with E-state index in [1.807, 2.05) is 25.1 Å². The Morgan fingerprint density at radius 1 is 1.22 bits per heavy atom. The number of halogens is 1. The van der Waals surface area contributed by atoms with Crippen LogP contribution in [0.1, 0.15) is 35.0 Å². The molecule has 1 atom stereocenters. The first-order valence-corrected chi connectivity index (χ1v) is 8.97. The van der Waals surface area contributed by atoms with Gasteiger partial charge in [0.05, 0.1) is 12.6 Å². The van der Waals surface area contributed by atoms with Gasteiger partial charge in [0.1, 0.15) is 17.3 Å². The average molecular weight is 366 g/mol. The highest BCUT2D eigenvalue weighted by Crippen LogP contribution is 2.28. The van der Waals surface area contributed by atoms with Crippen molar-refractivity contribution in [2.75, 3.05) is 7.11 Å². The lowest BCUT2D eigenvalue weighted by Gasteiger charge is -2.15. The molecule has 1 unspecified atom stereocenters. The van der Waals surface area contributed by atoms with Crippen LogP contribution in [0.3, 0.4) is 0 Å². The maximum absolute atomic E-state index is 13.7. The van der Waals surface area contributed by atoms with Gasteiger partial charge >= 0.3 is 0 Å². The molecule has 4 nitrogen and oxygen atoms in total. The third kappa shape index (κ3) is 4.42. The molecule has 0 aliphatic heterocycles. The number of ether oxygens (including phenoxy) is 1. The number of carbonyl (C=O) groups excluding carboxylic acids is 1. The Morgan fingerprint density at radius 2 is 1.96 bits per heavy atom. The second-order valence-corrected chi connectivity index (χ2v) is 6.73. The van der Waals surface area contributed by atoms with Crippen LogP contribution in [-0.4, -0.2) is 24.0 Å². The summed E-state index contributed by atoms with van der Waals surface area (Å²) in [5.74, 6) is -0.184. The molecule has 3 rings (SSSR count). The van der Waals surface area contributed by atoms with E-state index in [1.54, 1.807) is 13.0 Å². The van der Waals surface area contributed by atoms with Crippen molar-refractivity contribution in [2.24, 2.45) is 0 Å². The van der Waals surface area contributed by atoms with E-state index in [4.69, 9.17) is 4.74 Å². The van der Waals surface area contributed by atoms with E-state index < -0.39 is 0 Å². The van der Waals surface area contributed by atoms with Gasteiger partial charge < -0.3 is 10.1 Å². The van der Waals surface area contributed by atoms with E-state index in [9.17, 15) is 9.18 Å². The van der Waals surface area contributed by atoms with Crippen molar-refractivity contribution >= 4 is 16.8 Å². The molecule has 0 aliphatic carbocycles. The van der Waals surface area contributed by atoms with E-state index in [0.717, 1.165) is 12.8 Å². The SMILES string of the molecule is COc1cc(C(=O)NC(C)CCc2ccccc2)nc2c(C)cc(F)cc12. The summed E-state index contributed by atoms with van der Waals surface area (Å²) in [7, 11) is 1.50. The molecule has 0 bridgehead atoms. The van der Waals surface area contributed by atoms with Crippen molar-refractivity contribution in [3.63, 3.8) is 0 Å². The number of benzene rings is 2. The van der Waals surface area contributed by atoms with Crippen LogP contribution in [0, 0.1) is 12.7 Å². The van der Waals surface area contributed by atoms with Crippen molar-refractivity contribution in [2.45, 2.75) is 32.7 Å². The third-order valence-electron chi connectivity index (χ3n) is 4.57. The quantitative estimate of drug-likeness (QED) is 0.702. The minimum atomic E-state index is -0.355. The highest BCUT2D eigenvalue weighted by Gasteiger charge is 2.16. The molecule has 0 saturated heterocycles. The molecule has 140 valence electrons. The summed E-state index contributed by atoms with van der Waals surface area (Å²) < 4.78 is 19.1. The van der Waals surface area contributed by atoms with Gasteiger partial charge in [-0.15, -0.1) is 0 Å². The maximum Gasteiger partial charge on any atom is 0.270 e. The van der Waals surface area contributed by atoms with Gasteiger partial charge in [-0.3, -0.25) is 4.79 Å². The van der Waals surface area contributed by atoms with Crippen molar-refractivity contribution in [3.8, 4) is 5.75 Å². The van der Waals surface area contributed by atoms with Crippen molar-refractivity contribution < 1.29 is 13.9 Å². The van der Waals surface area contributed by atoms with Crippen LogP contribution in [-0.2, 0) is 6.42 Å². The first kappa shape index (κ1) is 18.8. The van der Waals surface area contributed by atoms with Gasteiger partial charge in [0.25, 0.3) is 5.91 Å². The fourth-order valence-electron chi connectivity index (χ4n) is 3.11. The third-order valence-corrected chi connectivity index (χ3v) is 4.57. The van der Waals surface area contributed by atoms with Gasteiger partial charge in [0.2, 0.25) is 0 Å². The topological polar surface area (TPSA) is 51.2 Å². The zero-order valence-electron chi connectivity index (χ0n) is 15.8. The molecule has 1 N–H and O–H groups in total. The molecule has 27 heavy (non-hydrogen) atoms. The van der Waals surface area contributed by atoms with Crippen LogP contribution < -0.4 is 10.1 Å². The molecular formula is C22H23FN2O2. The van der Waals surface area contributed by atoms with Crippen LogP contribution in [0.4, 0.5) is 4.39 Å². The fourth-order valence-corrected chi connectivity index (χ4v) is 3.11. The van der Waals surface area contributed by atoms with E-state index in [2.05, 4.69) is 22.4 Å². The van der Waals surface area contributed by atoms with Crippen LogP contribution in [0.5, 0.6) is 5.75 Å². The Labute approximate surface area is 158 Å². The van der Waals surface area contributed by atoms with Gasteiger partial charge in [-0.05, 0) is 49.9 Å². The molecule has 0 saturated carbocycles. The molecule has 0 fully saturated rings. The van der Waals surface area contributed by atoms with Crippen molar-refractivity contribution in [1.82, 2.24) is 10.3 Å². The number of aromatic nitrogens is 1. The summed E-state index contributed by atoms with van der Waals surface area (Å²) in [6.07, 6.45) is 1.71. The van der Waals surface area contributed by atoms with Crippen LogP contribution in [0.15, 0.2) is 48.5 Å². The predicted octanol–water partition coefficient (Wildman–Crippen LogP) is 4.44. The number of carbonyl (C=O) groups is 1. The van der Waals surface area contributed by atoms with Crippen molar-refractivity contribution in [1.29, 1.82) is 0 Å². The minimum absolute atomic E-state index is 0.00415. The number of pyridine rings is 1. The number of methoxy groups -OCH3 is 1. The van der Waals surface area contributed by atoms with Crippen molar-refractivity contribution in [3.05, 3.63) is 71.2 Å². The van der Waals surface area contributed by atoms with E-state index in [0.29, 0.717) is 22.2 Å². The minimum Gasteiger partial charge on any atom is -0.496 e. The van der Waals surface area contributed by atoms with Gasteiger partial charge in [-0.1, -0.05) is 30.3 Å². The maximum atomic E-state index is 13.7. The highest BCUT2D eigenvalue weighted by atomic mass is 19.1. The number of nitrogens with one attached hydrogen (secondary N) is 1. The molecule has 5 heteroatoms. The molecule has 0 radical (unpaired) electrons. The number of amides is 1. The smallest absolute Gasteiger partial charge is 0.270 e. The summed E-state index contributed by atoms with van der Waals surface area (Å²) in [6.45, 7) is 3.74. The summed E-state index contributed by atoms with van der Waals surface area (Å²) in [6, 6.07) is 14.5. The zero-order valence-corrected chi connectivity index (χ0v) is 15.8. The number of hydrogen-bond donors (Lipinski definition) is 1. The van der Waals surface area contributed by atoms with Crippen LogP contribution in [0.2, 0.25) is 0 Å². The van der Waals surface area contributed by atoms with E-state index in [1.165, 1.54) is 24.8 Å². The summed E-state index contributed by atoms with van der Waals surface area (Å²) in [5.41, 5.74) is 2.73. The van der Waals surface area contributed by atoms with E-state index in [-0.39, 0.29) is 23.5 Å². The van der Waals surface area contributed by atoms with E-state index >= 15 is 0 Å². The lowest BCUT2D eigenvalue weighted by molar-refractivity contribution is 0.0933. The largest absolute Gasteiger partial charge is 0.496 e. The van der Waals surface area contributed by atoms with Gasteiger partial charge in [-0.2, -0.15) is 0 Å². The molecule has 2 aromatic carbocycles. The lowest BCUT2D eigenvalue weighted by Crippen LogP contribution is -2.33. The number of nitrogens with zero attached hydrogens (tertiary/aromatic N) is 1. The fraction of sp³-hybridized carbons (Fsp3) is 0.273. The molecule has 1 amide bonds. The number of aryl methyl sites for hydroxylation is 2. The van der Waals surface area contributed by atoms with Gasteiger partial charge in [0.15, 0.2) is 0 Å². The summed E-state index contributed by atoms with van der Waals surface area (Å²) >= 11 is 0. The molecule has 3 aromatic rings. The molecule has 1 heterocycles. The second kappa shape index (κ2) is 8.16. The molecular weight excluding hydrogens is 343 g/mol. The average Bonchev–Trinajstić information content (AvgIpc) is 2.66. The van der Waals surface area contributed by atoms with Crippen LogP contribution in [0.25, 0.3) is 10.9 Å². The normalized spacial score (nSPS) is 12.0. The Morgan fingerprint density at radius 3 is 2.67 bits per heavy atom. The Balaban J connectivity index is 1.77. The van der Waals surface area contributed by atoms with Gasteiger partial charge in [0, 0.05) is 17.5 Å². The standard InChI is InChI=1S/C22H23FN2O2/c1-14-11-17(23)12-18-20(27-3)13-19(25-21(14)18)22(26)24-15(2)9-10-16-7-5-4-6-8-16/h4-8,11-13,15H,9-10H2,1-3H3,(H,24,26). The monoisotopic (exact) mass is 366 g/mol. The first-order valence-electron chi connectivity index (χ1n) is 8.97.